The van der Waals surface area contributed by atoms with Crippen molar-refractivity contribution in [1.29, 1.82) is 0 Å². The smallest absolute Gasteiger partial charge is 0.387 e. The number of hydrogen-bond acceptors (Lipinski definition) is 5. The Kier molecular flexibility index (Phi) is 4.51. The van der Waals surface area contributed by atoms with Crippen LogP contribution in [-0.2, 0) is 0 Å². The summed E-state index contributed by atoms with van der Waals surface area (Å²) < 4.78 is 42.8. The molecule has 0 aromatic heterocycles. The third-order valence-electron chi connectivity index (χ3n) is 3.29. The van der Waals surface area contributed by atoms with E-state index in [0.29, 0.717) is 32.2 Å². The number of alkyl halides is 2. The first kappa shape index (κ1) is 15.4. The molecule has 0 spiro atoms. The van der Waals surface area contributed by atoms with Crippen molar-refractivity contribution < 1.29 is 22.8 Å². The van der Waals surface area contributed by atoms with Gasteiger partial charge in [0.05, 0.1) is 16.7 Å². The number of piperazine rings is 1. The quantitative estimate of drug-likeness (QED) is 0.630. The highest BCUT2D eigenvalue weighted by molar-refractivity contribution is 5.60. The van der Waals surface area contributed by atoms with E-state index in [2.05, 4.69) is 4.74 Å². The topological polar surface area (TPSA) is 58.8 Å². The van der Waals surface area contributed by atoms with Gasteiger partial charge in [-0.2, -0.15) is 8.78 Å². The molecule has 9 heteroatoms. The molecule has 1 aromatic carbocycles. The summed E-state index contributed by atoms with van der Waals surface area (Å²) in [5.74, 6) is -1.46. The molecule has 0 aliphatic carbocycles. The summed E-state index contributed by atoms with van der Waals surface area (Å²) in [4.78, 5) is 13.5. The summed E-state index contributed by atoms with van der Waals surface area (Å²) in [6, 6.07) is 1.58. The second-order valence-electron chi connectivity index (χ2n) is 4.70. The summed E-state index contributed by atoms with van der Waals surface area (Å²) in [6.45, 7) is -0.851. The lowest BCUT2D eigenvalue weighted by molar-refractivity contribution is -0.386. The number of nitro benzene ring substituents is 1. The summed E-state index contributed by atoms with van der Waals surface area (Å²) in [5.41, 5.74) is -0.782. The van der Waals surface area contributed by atoms with Crippen LogP contribution < -0.4 is 9.64 Å². The molecule has 6 nitrogen and oxygen atoms in total. The molecule has 2 rings (SSSR count). The SMILES string of the molecule is CN1CCN(c2cc(OC(F)F)c([N+](=O)[O-])cc2F)CC1. The average molecular weight is 305 g/mol. The van der Waals surface area contributed by atoms with Crippen molar-refractivity contribution in [2.45, 2.75) is 6.61 Å². The van der Waals surface area contributed by atoms with E-state index >= 15 is 0 Å². The number of nitrogens with zero attached hydrogens (tertiary/aromatic N) is 3. The van der Waals surface area contributed by atoms with Crippen LogP contribution in [0.15, 0.2) is 12.1 Å². The molecule has 1 aliphatic rings. The van der Waals surface area contributed by atoms with Gasteiger partial charge in [-0.25, -0.2) is 4.39 Å². The van der Waals surface area contributed by atoms with E-state index in [1.54, 1.807) is 4.90 Å². The molecule has 1 fully saturated rings. The fourth-order valence-corrected chi connectivity index (χ4v) is 2.15. The Hall–Kier alpha value is -2.03. The van der Waals surface area contributed by atoms with Crippen molar-refractivity contribution in [3.63, 3.8) is 0 Å². The summed E-state index contributed by atoms with van der Waals surface area (Å²) in [6.07, 6.45) is 0. The Bertz CT molecular complexity index is 534. The maximum Gasteiger partial charge on any atom is 0.387 e. The van der Waals surface area contributed by atoms with Gasteiger partial charge in [0.25, 0.3) is 0 Å². The Balaban J connectivity index is 2.35. The minimum Gasteiger partial charge on any atom is -0.427 e. The average Bonchev–Trinajstić information content (AvgIpc) is 2.40. The van der Waals surface area contributed by atoms with Gasteiger partial charge < -0.3 is 14.5 Å². The molecule has 0 saturated carbocycles. The highest BCUT2D eigenvalue weighted by atomic mass is 19.3. The van der Waals surface area contributed by atoms with Gasteiger partial charge in [0.15, 0.2) is 5.82 Å². The van der Waals surface area contributed by atoms with Gasteiger partial charge in [-0.3, -0.25) is 10.1 Å². The Labute approximate surface area is 118 Å². The first-order valence-corrected chi connectivity index (χ1v) is 6.24. The number of ether oxygens (including phenoxy) is 1. The normalized spacial score (nSPS) is 16.3. The van der Waals surface area contributed by atoms with Gasteiger partial charge in [0.1, 0.15) is 0 Å². The lowest BCUT2D eigenvalue weighted by atomic mass is 10.2. The first-order chi connectivity index (χ1) is 9.88. The molecule has 0 N–H and O–H groups in total. The lowest BCUT2D eigenvalue weighted by Crippen LogP contribution is -2.44. The highest BCUT2D eigenvalue weighted by Crippen LogP contribution is 2.35. The van der Waals surface area contributed by atoms with E-state index in [4.69, 9.17) is 0 Å². The van der Waals surface area contributed by atoms with Crippen LogP contribution in [-0.4, -0.2) is 49.7 Å². The first-order valence-electron chi connectivity index (χ1n) is 6.24. The Morgan fingerprint density at radius 1 is 1.29 bits per heavy atom. The van der Waals surface area contributed by atoms with Crippen molar-refractivity contribution in [2.75, 3.05) is 38.1 Å². The van der Waals surface area contributed by atoms with Crippen LogP contribution in [0.4, 0.5) is 24.5 Å². The van der Waals surface area contributed by atoms with Gasteiger partial charge in [-0.1, -0.05) is 0 Å². The van der Waals surface area contributed by atoms with Crippen LogP contribution >= 0.6 is 0 Å². The van der Waals surface area contributed by atoms with Gasteiger partial charge in [-0.05, 0) is 7.05 Å². The number of hydrogen-bond donors (Lipinski definition) is 0. The van der Waals surface area contributed by atoms with Crippen LogP contribution in [0.5, 0.6) is 5.75 Å². The molecule has 0 bridgehead atoms. The third-order valence-corrected chi connectivity index (χ3v) is 3.29. The number of anilines is 1. The zero-order valence-corrected chi connectivity index (χ0v) is 11.3. The number of nitro groups is 1. The summed E-state index contributed by atoms with van der Waals surface area (Å²) in [5, 5.41) is 10.8. The number of halogens is 3. The molecule has 21 heavy (non-hydrogen) atoms. The van der Waals surface area contributed by atoms with Crippen LogP contribution in [0.1, 0.15) is 0 Å². The molecule has 0 unspecified atom stereocenters. The zero-order valence-electron chi connectivity index (χ0n) is 11.3. The maximum absolute atomic E-state index is 14.0. The largest absolute Gasteiger partial charge is 0.427 e. The third kappa shape index (κ3) is 3.54. The van der Waals surface area contributed by atoms with Crippen molar-refractivity contribution in [1.82, 2.24) is 4.90 Å². The summed E-state index contributed by atoms with van der Waals surface area (Å²) in [7, 11) is 1.91. The van der Waals surface area contributed by atoms with Crippen molar-refractivity contribution in [3.8, 4) is 5.75 Å². The standard InChI is InChI=1S/C12H14F3N3O3/c1-16-2-4-17(5-3-16)9-7-11(21-12(14)15)10(18(19)20)6-8(9)13/h6-7,12H,2-5H2,1H3. The predicted molar refractivity (Wildman–Crippen MR) is 69.4 cm³/mol. The number of benzene rings is 1. The highest BCUT2D eigenvalue weighted by Gasteiger charge is 2.25. The second-order valence-corrected chi connectivity index (χ2v) is 4.70. The summed E-state index contributed by atoms with van der Waals surface area (Å²) >= 11 is 0. The molecule has 0 radical (unpaired) electrons. The molecular formula is C12H14F3N3O3. The van der Waals surface area contributed by atoms with E-state index in [1.807, 2.05) is 11.9 Å². The fourth-order valence-electron chi connectivity index (χ4n) is 2.15. The second kappa shape index (κ2) is 6.17. The van der Waals surface area contributed by atoms with E-state index in [1.165, 1.54) is 0 Å². The van der Waals surface area contributed by atoms with E-state index < -0.39 is 28.8 Å². The molecule has 116 valence electrons. The minimum atomic E-state index is -3.21. The van der Waals surface area contributed by atoms with Crippen molar-refractivity contribution in [2.24, 2.45) is 0 Å². The molecule has 1 saturated heterocycles. The van der Waals surface area contributed by atoms with Crippen LogP contribution in [0, 0.1) is 15.9 Å². The predicted octanol–water partition coefficient (Wildman–Crippen LogP) is 2.09. The van der Waals surface area contributed by atoms with Crippen LogP contribution in [0.2, 0.25) is 0 Å². The van der Waals surface area contributed by atoms with E-state index in [0.717, 1.165) is 6.07 Å². The van der Waals surface area contributed by atoms with Gasteiger partial charge in [0.2, 0.25) is 5.75 Å². The van der Waals surface area contributed by atoms with Crippen LogP contribution in [0.3, 0.4) is 0 Å². The molecule has 1 aliphatic heterocycles. The van der Waals surface area contributed by atoms with Crippen molar-refractivity contribution >= 4 is 11.4 Å². The maximum atomic E-state index is 14.0. The zero-order chi connectivity index (χ0) is 15.6. The number of likely N-dealkylation sites (N-methyl/N-ethyl adjacent to an activating group) is 1. The van der Waals surface area contributed by atoms with Gasteiger partial charge in [-0.15, -0.1) is 0 Å². The molecule has 1 aromatic rings. The number of rotatable bonds is 4. The molecular weight excluding hydrogens is 291 g/mol. The fraction of sp³-hybridized carbons (Fsp3) is 0.500. The molecule has 0 amide bonds. The van der Waals surface area contributed by atoms with Gasteiger partial charge in [0, 0.05) is 32.2 Å². The van der Waals surface area contributed by atoms with Crippen molar-refractivity contribution in [3.05, 3.63) is 28.1 Å². The van der Waals surface area contributed by atoms with E-state index in [-0.39, 0.29) is 5.69 Å². The van der Waals surface area contributed by atoms with E-state index in [9.17, 15) is 23.3 Å². The lowest BCUT2D eigenvalue weighted by Gasteiger charge is -2.34. The Morgan fingerprint density at radius 2 is 1.90 bits per heavy atom. The Morgan fingerprint density at radius 3 is 2.43 bits per heavy atom. The van der Waals surface area contributed by atoms with Gasteiger partial charge >= 0.3 is 12.3 Å². The molecule has 0 atom stereocenters. The molecule has 1 heterocycles. The van der Waals surface area contributed by atoms with Crippen LogP contribution in [0.25, 0.3) is 0 Å². The monoisotopic (exact) mass is 305 g/mol. The minimum absolute atomic E-state index is 0.0318.